The molecule has 114 valence electrons. The van der Waals surface area contributed by atoms with Gasteiger partial charge in [-0.15, -0.1) is 0 Å². The summed E-state index contributed by atoms with van der Waals surface area (Å²) in [6.45, 7) is 3.39. The van der Waals surface area contributed by atoms with Crippen molar-refractivity contribution in [2.45, 2.75) is 26.2 Å². The summed E-state index contributed by atoms with van der Waals surface area (Å²) >= 11 is 2.28. The molecule has 0 saturated carbocycles. The topological polar surface area (TPSA) is 52.6 Å². The standard InChI is InChI=1S/C16H19IO4/c1-12(18)20-10-6-5-7-14(11-21-13(2)19)15-8-3-4-9-16(15)17/h3-6,8-9,14H,7,10-11H2,1-2H3. The molecule has 1 rings (SSSR count). The van der Waals surface area contributed by atoms with E-state index in [9.17, 15) is 9.59 Å². The largest absolute Gasteiger partial charge is 0.465 e. The number of esters is 2. The summed E-state index contributed by atoms with van der Waals surface area (Å²) in [5.41, 5.74) is 1.15. The third-order valence-corrected chi connectivity index (χ3v) is 3.79. The van der Waals surface area contributed by atoms with Gasteiger partial charge in [-0.05, 0) is 40.6 Å². The normalized spacial score (nSPS) is 12.1. The molecule has 5 heteroatoms. The molecule has 1 atom stereocenters. The Balaban J connectivity index is 2.67. The van der Waals surface area contributed by atoms with Gasteiger partial charge in [-0.2, -0.15) is 0 Å². The molecular weight excluding hydrogens is 383 g/mol. The lowest BCUT2D eigenvalue weighted by molar-refractivity contribution is -0.142. The third-order valence-electron chi connectivity index (χ3n) is 2.80. The molecule has 0 spiro atoms. The van der Waals surface area contributed by atoms with Crippen LogP contribution in [0.4, 0.5) is 0 Å². The van der Waals surface area contributed by atoms with Gasteiger partial charge in [-0.3, -0.25) is 9.59 Å². The van der Waals surface area contributed by atoms with Crippen LogP contribution < -0.4 is 0 Å². The Morgan fingerprint density at radius 1 is 1.14 bits per heavy atom. The monoisotopic (exact) mass is 402 g/mol. The highest BCUT2D eigenvalue weighted by molar-refractivity contribution is 14.1. The van der Waals surface area contributed by atoms with E-state index in [4.69, 9.17) is 9.47 Å². The molecule has 0 N–H and O–H groups in total. The molecule has 0 fully saturated rings. The van der Waals surface area contributed by atoms with Crippen molar-refractivity contribution in [2.75, 3.05) is 13.2 Å². The van der Waals surface area contributed by atoms with Crippen molar-refractivity contribution in [2.24, 2.45) is 0 Å². The van der Waals surface area contributed by atoms with Crippen LogP contribution in [0.3, 0.4) is 0 Å². The van der Waals surface area contributed by atoms with E-state index in [0.717, 1.165) is 9.13 Å². The summed E-state index contributed by atoms with van der Waals surface area (Å²) < 4.78 is 11.1. The number of allylic oxidation sites excluding steroid dienone is 1. The van der Waals surface area contributed by atoms with Crippen LogP contribution in [0.2, 0.25) is 0 Å². The van der Waals surface area contributed by atoms with Gasteiger partial charge in [0.25, 0.3) is 0 Å². The van der Waals surface area contributed by atoms with E-state index in [0.29, 0.717) is 13.0 Å². The number of halogens is 1. The van der Waals surface area contributed by atoms with Crippen molar-refractivity contribution in [1.29, 1.82) is 0 Å². The fraction of sp³-hybridized carbons (Fsp3) is 0.375. The summed E-state index contributed by atoms with van der Waals surface area (Å²) in [6.07, 6.45) is 4.46. The van der Waals surface area contributed by atoms with Crippen molar-refractivity contribution in [3.63, 3.8) is 0 Å². The average Bonchev–Trinajstić information content (AvgIpc) is 2.42. The molecule has 0 bridgehead atoms. The predicted octanol–water partition coefficient (Wildman–Crippen LogP) is 3.45. The molecule has 0 aliphatic carbocycles. The van der Waals surface area contributed by atoms with Crippen molar-refractivity contribution < 1.29 is 19.1 Å². The van der Waals surface area contributed by atoms with E-state index < -0.39 is 0 Å². The van der Waals surface area contributed by atoms with Crippen LogP contribution in [0.15, 0.2) is 36.4 Å². The van der Waals surface area contributed by atoms with Gasteiger partial charge in [0.15, 0.2) is 0 Å². The number of hydrogen-bond donors (Lipinski definition) is 0. The zero-order valence-electron chi connectivity index (χ0n) is 12.2. The van der Waals surface area contributed by atoms with E-state index in [-0.39, 0.29) is 24.5 Å². The Morgan fingerprint density at radius 3 is 2.43 bits per heavy atom. The second kappa shape index (κ2) is 9.55. The molecule has 0 aromatic heterocycles. The van der Waals surface area contributed by atoms with Gasteiger partial charge in [-0.1, -0.05) is 30.4 Å². The molecule has 1 unspecified atom stereocenters. The number of benzene rings is 1. The van der Waals surface area contributed by atoms with Crippen LogP contribution in [0.5, 0.6) is 0 Å². The smallest absolute Gasteiger partial charge is 0.302 e. The lowest BCUT2D eigenvalue weighted by Crippen LogP contribution is -2.11. The molecular formula is C16H19IO4. The summed E-state index contributed by atoms with van der Waals surface area (Å²) in [7, 11) is 0. The number of rotatable bonds is 7. The van der Waals surface area contributed by atoms with Crippen molar-refractivity contribution in [1.82, 2.24) is 0 Å². The second-order valence-corrected chi connectivity index (χ2v) is 5.69. The lowest BCUT2D eigenvalue weighted by Gasteiger charge is -2.17. The van der Waals surface area contributed by atoms with Gasteiger partial charge in [-0.25, -0.2) is 0 Å². The molecule has 1 aromatic rings. The first-order valence-corrected chi connectivity index (χ1v) is 7.74. The van der Waals surface area contributed by atoms with Crippen LogP contribution >= 0.6 is 22.6 Å². The highest BCUT2D eigenvalue weighted by Gasteiger charge is 2.14. The van der Waals surface area contributed by atoms with Gasteiger partial charge in [0.2, 0.25) is 0 Å². The number of carbonyl (C=O) groups is 2. The zero-order chi connectivity index (χ0) is 15.7. The molecule has 4 nitrogen and oxygen atoms in total. The van der Waals surface area contributed by atoms with Crippen LogP contribution in [-0.4, -0.2) is 25.2 Å². The molecule has 21 heavy (non-hydrogen) atoms. The molecule has 0 heterocycles. The SMILES string of the molecule is CC(=O)OCC=CCC(COC(C)=O)c1ccccc1I. The lowest BCUT2D eigenvalue weighted by atomic mass is 9.96. The first-order chi connectivity index (χ1) is 10.0. The molecule has 0 aliphatic heterocycles. The van der Waals surface area contributed by atoms with E-state index >= 15 is 0 Å². The maximum Gasteiger partial charge on any atom is 0.302 e. The summed E-state index contributed by atoms with van der Waals surface area (Å²) in [5.74, 6) is -0.487. The fourth-order valence-electron chi connectivity index (χ4n) is 1.80. The number of ether oxygens (including phenoxy) is 2. The maximum atomic E-state index is 11.0. The minimum absolute atomic E-state index is 0.0931. The Hall–Kier alpha value is -1.37. The number of carbonyl (C=O) groups excluding carboxylic acids is 2. The first kappa shape index (κ1) is 17.7. The van der Waals surface area contributed by atoms with Crippen LogP contribution in [-0.2, 0) is 19.1 Å². The molecule has 0 aliphatic rings. The zero-order valence-corrected chi connectivity index (χ0v) is 14.3. The van der Waals surface area contributed by atoms with Crippen LogP contribution in [0.1, 0.15) is 31.7 Å². The van der Waals surface area contributed by atoms with Gasteiger partial charge in [0.05, 0.1) is 6.61 Å². The Morgan fingerprint density at radius 2 is 1.81 bits per heavy atom. The van der Waals surface area contributed by atoms with E-state index in [1.807, 2.05) is 30.3 Å². The van der Waals surface area contributed by atoms with E-state index in [1.165, 1.54) is 13.8 Å². The first-order valence-electron chi connectivity index (χ1n) is 6.67. The minimum atomic E-state index is -0.297. The predicted molar refractivity (Wildman–Crippen MR) is 88.9 cm³/mol. The molecule has 0 amide bonds. The average molecular weight is 402 g/mol. The molecule has 0 radical (unpaired) electrons. The second-order valence-electron chi connectivity index (χ2n) is 4.53. The van der Waals surface area contributed by atoms with E-state index in [2.05, 4.69) is 22.6 Å². The Bertz CT molecular complexity index is 511. The van der Waals surface area contributed by atoms with Crippen molar-refractivity contribution in [3.05, 3.63) is 45.6 Å². The fourth-order valence-corrected chi connectivity index (χ4v) is 2.63. The van der Waals surface area contributed by atoms with Crippen LogP contribution in [0.25, 0.3) is 0 Å². The molecule has 1 aromatic carbocycles. The molecule has 0 saturated heterocycles. The third kappa shape index (κ3) is 7.27. The minimum Gasteiger partial charge on any atom is -0.465 e. The highest BCUT2D eigenvalue weighted by Crippen LogP contribution is 2.25. The van der Waals surface area contributed by atoms with Gasteiger partial charge in [0.1, 0.15) is 6.61 Å². The summed E-state index contributed by atoms with van der Waals surface area (Å²) in [4.78, 5) is 21.7. The Kier molecular flexibility index (Phi) is 8.04. The highest BCUT2D eigenvalue weighted by atomic mass is 127. The van der Waals surface area contributed by atoms with Crippen molar-refractivity contribution in [3.8, 4) is 0 Å². The summed E-state index contributed by atoms with van der Waals surface area (Å²) in [5, 5.41) is 0. The Labute approximate surface area is 138 Å². The maximum absolute atomic E-state index is 11.0. The van der Waals surface area contributed by atoms with Gasteiger partial charge in [0, 0.05) is 23.3 Å². The number of hydrogen-bond acceptors (Lipinski definition) is 4. The van der Waals surface area contributed by atoms with Gasteiger partial charge >= 0.3 is 11.9 Å². The van der Waals surface area contributed by atoms with Crippen molar-refractivity contribution >= 4 is 34.5 Å². The quantitative estimate of drug-likeness (QED) is 0.398. The summed E-state index contributed by atoms with van der Waals surface area (Å²) in [6, 6.07) is 8.01. The van der Waals surface area contributed by atoms with Gasteiger partial charge < -0.3 is 9.47 Å². The van der Waals surface area contributed by atoms with Crippen LogP contribution in [0, 0.1) is 3.57 Å². The van der Waals surface area contributed by atoms with E-state index in [1.54, 1.807) is 6.08 Å².